The second-order valence-electron chi connectivity index (χ2n) is 4.56. The van der Waals surface area contributed by atoms with Gasteiger partial charge in [-0.2, -0.15) is 0 Å². The maximum absolute atomic E-state index is 10.3. The Bertz CT molecular complexity index is 315. The molecule has 0 saturated carbocycles. The van der Waals surface area contributed by atoms with Crippen LogP contribution in [-0.2, 0) is 10.2 Å². The van der Waals surface area contributed by atoms with Gasteiger partial charge in [-0.15, -0.1) is 0 Å². The van der Waals surface area contributed by atoms with Crippen LogP contribution in [0.4, 0.5) is 0 Å². The number of hydrogen-bond acceptors (Lipinski definition) is 2. The molecule has 1 atom stereocenters. The maximum atomic E-state index is 10.3. The second kappa shape index (κ2) is 4.98. The van der Waals surface area contributed by atoms with E-state index < -0.39 is 0 Å². The van der Waals surface area contributed by atoms with Crippen molar-refractivity contribution in [2.45, 2.75) is 37.7 Å². The fraction of sp³-hybridized carbons (Fsp3) is 0.571. The van der Waals surface area contributed by atoms with Gasteiger partial charge in [0.15, 0.2) is 0 Å². The lowest BCUT2D eigenvalue weighted by Gasteiger charge is -2.41. The minimum atomic E-state index is -0.265. The Morgan fingerprint density at radius 2 is 1.88 bits per heavy atom. The molecule has 2 nitrogen and oxygen atoms in total. The smallest absolute Gasteiger partial charge is 0.0635 e. The van der Waals surface area contributed by atoms with Crippen molar-refractivity contribution in [2.24, 2.45) is 0 Å². The summed E-state index contributed by atoms with van der Waals surface area (Å²) in [5.74, 6) is 0. The van der Waals surface area contributed by atoms with Crippen molar-refractivity contribution in [1.29, 1.82) is 0 Å². The monoisotopic (exact) mass is 220 g/mol. The zero-order valence-electron chi connectivity index (χ0n) is 9.86. The molecule has 2 heteroatoms. The largest absolute Gasteiger partial charge is 0.392 e. The summed E-state index contributed by atoms with van der Waals surface area (Å²) < 4.78 is 5.43. The highest BCUT2D eigenvalue weighted by Gasteiger charge is 2.39. The SMILES string of the molecule is CC[C@H](O)C1(c2ccccc2)CCOCC1. The van der Waals surface area contributed by atoms with Crippen LogP contribution in [0.1, 0.15) is 31.7 Å². The molecule has 2 rings (SSSR count). The number of aliphatic hydroxyl groups is 1. The Balaban J connectivity index is 2.34. The highest BCUT2D eigenvalue weighted by Crippen LogP contribution is 2.39. The Morgan fingerprint density at radius 3 is 2.44 bits per heavy atom. The molecule has 1 aromatic carbocycles. The van der Waals surface area contributed by atoms with E-state index in [0.29, 0.717) is 0 Å². The molecule has 88 valence electrons. The van der Waals surface area contributed by atoms with Gasteiger partial charge in [-0.1, -0.05) is 37.3 Å². The Labute approximate surface area is 97.3 Å². The molecule has 0 unspecified atom stereocenters. The van der Waals surface area contributed by atoms with Crippen molar-refractivity contribution >= 4 is 0 Å². The summed E-state index contributed by atoms with van der Waals surface area (Å²) in [6, 6.07) is 10.4. The molecule has 1 aliphatic rings. The van der Waals surface area contributed by atoms with Gasteiger partial charge in [0.25, 0.3) is 0 Å². The summed E-state index contributed by atoms with van der Waals surface area (Å²) in [5.41, 5.74) is 1.17. The van der Waals surface area contributed by atoms with Crippen LogP contribution in [0.3, 0.4) is 0 Å². The Hall–Kier alpha value is -0.860. The predicted molar refractivity (Wildman–Crippen MR) is 64.5 cm³/mol. The van der Waals surface area contributed by atoms with Crippen LogP contribution < -0.4 is 0 Å². The normalized spacial score (nSPS) is 21.6. The van der Waals surface area contributed by atoms with Crippen molar-refractivity contribution in [3.63, 3.8) is 0 Å². The van der Waals surface area contributed by atoms with E-state index in [2.05, 4.69) is 24.3 Å². The molecule has 1 N–H and O–H groups in total. The van der Waals surface area contributed by atoms with Gasteiger partial charge in [-0.05, 0) is 24.8 Å². The summed E-state index contributed by atoms with van der Waals surface area (Å²) in [4.78, 5) is 0. The maximum Gasteiger partial charge on any atom is 0.0635 e. The van der Waals surface area contributed by atoms with Gasteiger partial charge in [0.05, 0.1) is 6.10 Å². The molecular weight excluding hydrogens is 200 g/mol. The summed E-state index contributed by atoms with van der Waals surface area (Å²) in [6.07, 6.45) is 2.38. The van der Waals surface area contributed by atoms with E-state index in [9.17, 15) is 5.11 Å². The lowest BCUT2D eigenvalue weighted by molar-refractivity contribution is -0.0170. The fourth-order valence-electron chi connectivity index (χ4n) is 2.71. The lowest BCUT2D eigenvalue weighted by atomic mass is 9.69. The van der Waals surface area contributed by atoms with E-state index in [1.807, 2.05) is 13.0 Å². The molecule has 0 spiro atoms. The Morgan fingerprint density at radius 1 is 1.25 bits per heavy atom. The van der Waals surface area contributed by atoms with Gasteiger partial charge >= 0.3 is 0 Å². The van der Waals surface area contributed by atoms with Crippen LogP contribution in [0, 0.1) is 0 Å². The van der Waals surface area contributed by atoms with Crippen molar-refractivity contribution in [2.75, 3.05) is 13.2 Å². The topological polar surface area (TPSA) is 29.5 Å². The van der Waals surface area contributed by atoms with Crippen LogP contribution in [0.2, 0.25) is 0 Å². The predicted octanol–water partition coefficient (Wildman–Crippen LogP) is 2.51. The molecule has 0 bridgehead atoms. The minimum absolute atomic E-state index is 0.0890. The van der Waals surface area contributed by atoms with Crippen LogP contribution in [0.5, 0.6) is 0 Å². The molecule has 1 fully saturated rings. The van der Waals surface area contributed by atoms with Gasteiger partial charge in [0.1, 0.15) is 0 Å². The molecule has 1 aliphatic heterocycles. The van der Waals surface area contributed by atoms with Crippen LogP contribution in [0.15, 0.2) is 30.3 Å². The van der Waals surface area contributed by atoms with E-state index >= 15 is 0 Å². The van der Waals surface area contributed by atoms with E-state index in [1.54, 1.807) is 0 Å². The molecule has 16 heavy (non-hydrogen) atoms. The highest BCUT2D eigenvalue weighted by molar-refractivity contribution is 5.27. The average Bonchev–Trinajstić information content (AvgIpc) is 2.39. The highest BCUT2D eigenvalue weighted by atomic mass is 16.5. The fourth-order valence-corrected chi connectivity index (χ4v) is 2.71. The molecule has 1 heterocycles. The minimum Gasteiger partial charge on any atom is -0.392 e. The van der Waals surface area contributed by atoms with Crippen molar-refractivity contribution in [1.82, 2.24) is 0 Å². The van der Waals surface area contributed by atoms with Gasteiger partial charge in [-0.25, -0.2) is 0 Å². The molecule has 1 saturated heterocycles. The first-order chi connectivity index (χ1) is 7.79. The molecule has 0 aliphatic carbocycles. The number of rotatable bonds is 3. The summed E-state index contributed by atoms with van der Waals surface area (Å²) >= 11 is 0. The van der Waals surface area contributed by atoms with Gasteiger partial charge in [-0.3, -0.25) is 0 Å². The molecule has 0 aromatic heterocycles. The molecule has 0 amide bonds. The molecular formula is C14H20O2. The van der Waals surface area contributed by atoms with Crippen LogP contribution in [-0.4, -0.2) is 24.4 Å². The summed E-state index contributed by atoms with van der Waals surface area (Å²) in [6.45, 7) is 3.56. The molecule has 1 aromatic rings. The number of ether oxygens (including phenoxy) is 1. The van der Waals surface area contributed by atoms with Gasteiger partial charge < -0.3 is 9.84 Å². The van der Waals surface area contributed by atoms with E-state index in [-0.39, 0.29) is 11.5 Å². The number of aliphatic hydroxyl groups excluding tert-OH is 1. The van der Waals surface area contributed by atoms with E-state index in [0.717, 1.165) is 32.5 Å². The van der Waals surface area contributed by atoms with Crippen LogP contribution in [0.25, 0.3) is 0 Å². The van der Waals surface area contributed by atoms with Crippen LogP contribution >= 0.6 is 0 Å². The number of hydrogen-bond donors (Lipinski definition) is 1. The van der Waals surface area contributed by atoms with Crippen molar-refractivity contribution in [3.8, 4) is 0 Å². The summed E-state index contributed by atoms with van der Waals surface area (Å²) in [5, 5.41) is 10.3. The zero-order chi connectivity index (χ0) is 11.4. The third-order valence-electron chi connectivity index (χ3n) is 3.76. The first-order valence-corrected chi connectivity index (χ1v) is 6.11. The third-order valence-corrected chi connectivity index (χ3v) is 3.76. The Kier molecular flexibility index (Phi) is 3.62. The third kappa shape index (κ3) is 2.00. The lowest BCUT2D eigenvalue weighted by Crippen LogP contribution is -2.44. The first kappa shape index (κ1) is 11.6. The first-order valence-electron chi connectivity index (χ1n) is 6.11. The zero-order valence-corrected chi connectivity index (χ0v) is 9.86. The van der Waals surface area contributed by atoms with E-state index in [1.165, 1.54) is 5.56 Å². The number of benzene rings is 1. The quantitative estimate of drug-likeness (QED) is 0.848. The van der Waals surface area contributed by atoms with Crippen molar-refractivity contribution in [3.05, 3.63) is 35.9 Å². The molecule has 0 radical (unpaired) electrons. The summed E-state index contributed by atoms with van der Waals surface area (Å²) in [7, 11) is 0. The second-order valence-corrected chi connectivity index (χ2v) is 4.56. The van der Waals surface area contributed by atoms with Gasteiger partial charge in [0, 0.05) is 18.6 Å². The van der Waals surface area contributed by atoms with E-state index in [4.69, 9.17) is 4.74 Å². The average molecular weight is 220 g/mol. The standard InChI is InChI=1S/C14H20O2/c1-2-13(15)14(8-10-16-11-9-14)12-6-4-3-5-7-12/h3-7,13,15H,2,8-11H2,1H3/t13-/m0/s1. The van der Waals surface area contributed by atoms with Crippen molar-refractivity contribution < 1.29 is 9.84 Å². The van der Waals surface area contributed by atoms with Gasteiger partial charge in [0.2, 0.25) is 0 Å².